The first-order valence-corrected chi connectivity index (χ1v) is 5.51. The normalized spacial score (nSPS) is 15.5. The number of fused-ring (bicyclic) bond motifs is 1. The highest BCUT2D eigenvalue weighted by Crippen LogP contribution is 2.27. The van der Waals surface area contributed by atoms with E-state index in [2.05, 4.69) is 15.6 Å². The van der Waals surface area contributed by atoms with Crippen LogP contribution in [0.3, 0.4) is 0 Å². The second kappa shape index (κ2) is 5.18. The van der Waals surface area contributed by atoms with Crippen LogP contribution < -0.4 is 10.6 Å². The second-order valence-corrected chi connectivity index (χ2v) is 3.58. The lowest BCUT2D eigenvalue weighted by Gasteiger charge is -2.20. The topological polar surface area (TPSA) is 104 Å². The van der Waals surface area contributed by atoms with Crippen LogP contribution in [0.15, 0.2) is 29.7 Å². The lowest BCUT2D eigenvalue weighted by atomic mass is 10.1. The van der Waals surface area contributed by atoms with Gasteiger partial charge in [-0.15, -0.1) is 0 Å². The average molecular weight is 258 g/mol. The van der Waals surface area contributed by atoms with E-state index in [-0.39, 0.29) is 17.9 Å². The summed E-state index contributed by atoms with van der Waals surface area (Å²) in [5.41, 5.74) is 0.536. The summed E-state index contributed by atoms with van der Waals surface area (Å²) in [6.45, 7) is 1.74. The molecule has 0 bridgehead atoms. The van der Waals surface area contributed by atoms with Crippen LogP contribution in [-0.2, 0) is 14.3 Å². The molecule has 7 heteroatoms. The molecule has 0 radical (unpaired) electrons. The SMILES string of the molecule is CCOC(=O)/C(C#N)=C1/Nc2cnccc2NC1=O. The molecule has 0 saturated carbocycles. The van der Waals surface area contributed by atoms with E-state index in [1.165, 1.54) is 12.4 Å². The fraction of sp³-hybridized carbons (Fsp3) is 0.167. The molecule has 7 nitrogen and oxygen atoms in total. The molecule has 0 spiro atoms. The Hall–Kier alpha value is -2.88. The summed E-state index contributed by atoms with van der Waals surface area (Å²) >= 11 is 0. The van der Waals surface area contributed by atoms with Crippen molar-refractivity contribution in [3.63, 3.8) is 0 Å². The molecule has 0 saturated heterocycles. The largest absolute Gasteiger partial charge is 0.462 e. The van der Waals surface area contributed by atoms with Crippen LogP contribution in [0.1, 0.15) is 6.92 Å². The van der Waals surface area contributed by atoms with Crippen molar-refractivity contribution in [3.8, 4) is 6.07 Å². The van der Waals surface area contributed by atoms with Gasteiger partial charge >= 0.3 is 5.97 Å². The predicted octanol–water partition coefficient (Wildman–Crippen LogP) is 0.786. The summed E-state index contributed by atoms with van der Waals surface area (Å²) in [7, 11) is 0. The van der Waals surface area contributed by atoms with Crippen LogP contribution >= 0.6 is 0 Å². The van der Waals surface area contributed by atoms with Crippen molar-refractivity contribution >= 4 is 23.3 Å². The number of hydrogen-bond acceptors (Lipinski definition) is 6. The molecule has 0 fully saturated rings. The van der Waals surface area contributed by atoms with Crippen molar-refractivity contribution in [2.24, 2.45) is 0 Å². The van der Waals surface area contributed by atoms with Gasteiger partial charge in [0.15, 0.2) is 5.57 Å². The van der Waals surface area contributed by atoms with E-state index in [9.17, 15) is 9.59 Å². The Bertz CT molecular complexity index is 616. The number of amides is 1. The van der Waals surface area contributed by atoms with Gasteiger partial charge in [-0.2, -0.15) is 5.26 Å². The maximum absolute atomic E-state index is 11.9. The number of esters is 1. The lowest BCUT2D eigenvalue weighted by Crippen LogP contribution is -2.29. The van der Waals surface area contributed by atoms with Crippen LogP contribution in [0, 0.1) is 11.3 Å². The van der Waals surface area contributed by atoms with Crippen LogP contribution in [0.4, 0.5) is 11.4 Å². The number of hydrogen-bond donors (Lipinski definition) is 2. The smallest absolute Gasteiger partial charge is 0.351 e. The van der Waals surface area contributed by atoms with Crippen molar-refractivity contribution in [2.45, 2.75) is 6.92 Å². The Balaban J connectivity index is 2.43. The first kappa shape index (κ1) is 12.6. The summed E-state index contributed by atoms with van der Waals surface area (Å²) in [4.78, 5) is 27.3. The van der Waals surface area contributed by atoms with Crippen LogP contribution in [0.5, 0.6) is 0 Å². The molecule has 1 aromatic heterocycles. The van der Waals surface area contributed by atoms with Crippen LogP contribution in [-0.4, -0.2) is 23.5 Å². The van der Waals surface area contributed by atoms with Gasteiger partial charge in [-0.25, -0.2) is 4.79 Å². The Morgan fingerprint density at radius 1 is 1.47 bits per heavy atom. The number of carbonyl (C=O) groups excluding carboxylic acids is 2. The minimum absolute atomic E-state index is 0.122. The number of carbonyl (C=O) groups is 2. The molecule has 96 valence electrons. The molecule has 0 atom stereocenters. The van der Waals surface area contributed by atoms with E-state index < -0.39 is 11.9 Å². The van der Waals surface area contributed by atoms with Crippen molar-refractivity contribution in [3.05, 3.63) is 29.7 Å². The van der Waals surface area contributed by atoms with Gasteiger partial charge in [0.1, 0.15) is 11.8 Å². The zero-order valence-electron chi connectivity index (χ0n) is 10.1. The van der Waals surface area contributed by atoms with Gasteiger partial charge in [-0.3, -0.25) is 9.78 Å². The van der Waals surface area contributed by atoms with Gasteiger partial charge in [0.25, 0.3) is 5.91 Å². The number of anilines is 2. The number of ether oxygens (including phenoxy) is 1. The van der Waals surface area contributed by atoms with Gasteiger partial charge < -0.3 is 15.4 Å². The van der Waals surface area contributed by atoms with Gasteiger partial charge in [0.2, 0.25) is 0 Å². The maximum Gasteiger partial charge on any atom is 0.351 e. The molecule has 0 unspecified atom stereocenters. The zero-order valence-corrected chi connectivity index (χ0v) is 10.1. The minimum atomic E-state index is -0.838. The highest BCUT2D eigenvalue weighted by atomic mass is 16.5. The van der Waals surface area contributed by atoms with Gasteiger partial charge in [0, 0.05) is 6.20 Å². The van der Waals surface area contributed by atoms with Crippen LogP contribution in [0.25, 0.3) is 0 Å². The summed E-state index contributed by atoms with van der Waals surface area (Å²) in [6, 6.07) is 3.28. The number of nitrogens with one attached hydrogen (secondary N) is 2. The van der Waals surface area contributed by atoms with Gasteiger partial charge in [0.05, 0.1) is 24.2 Å². The minimum Gasteiger partial charge on any atom is -0.462 e. The van der Waals surface area contributed by atoms with Gasteiger partial charge in [-0.05, 0) is 13.0 Å². The molecule has 2 heterocycles. The van der Waals surface area contributed by atoms with Crippen molar-refractivity contribution in [1.29, 1.82) is 5.26 Å². The second-order valence-electron chi connectivity index (χ2n) is 3.58. The molecule has 0 aliphatic carbocycles. The fourth-order valence-electron chi connectivity index (χ4n) is 1.56. The Morgan fingerprint density at radius 2 is 2.26 bits per heavy atom. The van der Waals surface area contributed by atoms with E-state index in [0.29, 0.717) is 11.4 Å². The standard InChI is InChI=1S/C12H10N4O3/c1-2-19-12(18)7(5-13)10-11(17)16-8-3-4-14-6-9(8)15-10/h3-4,6,15H,2H2,1H3,(H,16,17)/b10-7+. The molecule has 1 aliphatic rings. The number of rotatable bonds is 2. The summed E-state index contributed by atoms with van der Waals surface area (Å²) in [5.74, 6) is -1.40. The molecular weight excluding hydrogens is 248 g/mol. The number of aromatic nitrogens is 1. The highest BCUT2D eigenvalue weighted by molar-refractivity contribution is 6.15. The fourth-order valence-corrected chi connectivity index (χ4v) is 1.56. The summed E-state index contributed by atoms with van der Waals surface area (Å²) in [6.07, 6.45) is 3.00. The molecule has 19 heavy (non-hydrogen) atoms. The number of pyridine rings is 1. The molecular formula is C12H10N4O3. The first-order valence-electron chi connectivity index (χ1n) is 5.51. The molecule has 1 aromatic rings. The molecule has 2 N–H and O–H groups in total. The predicted molar refractivity (Wildman–Crippen MR) is 65.8 cm³/mol. The van der Waals surface area contributed by atoms with Crippen LogP contribution in [0.2, 0.25) is 0 Å². The van der Waals surface area contributed by atoms with E-state index in [0.717, 1.165) is 0 Å². The first-order chi connectivity index (χ1) is 9.17. The Kier molecular flexibility index (Phi) is 3.43. The van der Waals surface area contributed by atoms with Crippen molar-refractivity contribution < 1.29 is 14.3 Å². The average Bonchev–Trinajstić information content (AvgIpc) is 2.40. The number of nitrogens with zero attached hydrogens (tertiary/aromatic N) is 2. The maximum atomic E-state index is 11.9. The third-order valence-corrected chi connectivity index (χ3v) is 2.40. The van der Waals surface area contributed by atoms with Crippen molar-refractivity contribution in [1.82, 2.24) is 4.98 Å². The highest BCUT2D eigenvalue weighted by Gasteiger charge is 2.27. The number of nitriles is 1. The third kappa shape index (κ3) is 2.37. The lowest BCUT2D eigenvalue weighted by molar-refractivity contribution is -0.138. The van der Waals surface area contributed by atoms with E-state index in [4.69, 9.17) is 10.00 Å². The third-order valence-electron chi connectivity index (χ3n) is 2.40. The van der Waals surface area contributed by atoms with Crippen molar-refractivity contribution in [2.75, 3.05) is 17.2 Å². The van der Waals surface area contributed by atoms with E-state index in [1.54, 1.807) is 19.1 Å². The monoisotopic (exact) mass is 258 g/mol. The summed E-state index contributed by atoms with van der Waals surface area (Å²) < 4.78 is 4.73. The van der Waals surface area contributed by atoms with Gasteiger partial charge in [-0.1, -0.05) is 0 Å². The van der Waals surface area contributed by atoms with E-state index >= 15 is 0 Å². The summed E-state index contributed by atoms with van der Waals surface area (Å²) in [5, 5.41) is 14.3. The quantitative estimate of drug-likeness (QED) is 0.461. The molecule has 2 rings (SSSR count). The Labute approximate surface area is 108 Å². The molecule has 1 aliphatic heterocycles. The zero-order chi connectivity index (χ0) is 13.8. The Morgan fingerprint density at radius 3 is 2.95 bits per heavy atom. The van der Waals surface area contributed by atoms with E-state index in [1.807, 2.05) is 0 Å². The molecule has 1 amide bonds. The molecule has 0 aromatic carbocycles.